The quantitative estimate of drug-likeness (QED) is 0.730. The van der Waals surface area contributed by atoms with Crippen LogP contribution in [0.2, 0.25) is 0 Å². The van der Waals surface area contributed by atoms with Gasteiger partial charge < -0.3 is 9.63 Å². The van der Waals surface area contributed by atoms with E-state index >= 15 is 0 Å². The smallest absolute Gasteiger partial charge is 0.168 e. The van der Waals surface area contributed by atoms with E-state index in [9.17, 15) is 5.11 Å². The first-order valence-electron chi connectivity index (χ1n) is 4.31. The Hall–Kier alpha value is -0.830. The zero-order valence-electron chi connectivity index (χ0n) is 7.37. The lowest BCUT2D eigenvalue weighted by atomic mass is 10.1. The summed E-state index contributed by atoms with van der Waals surface area (Å²) in [6.07, 6.45) is 1.61. The van der Waals surface area contributed by atoms with Gasteiger partial charge in [0.25, 0.3) is 0 Å². The molecule has 1 aromatic rings. The summed E-state index contributed by atoms with van der Waals surface area (Å²) in [5, 5.41) is 13.5. The summed E-state index contributed by atoms with van der Waals surface area (Å²) in [6.45, 7) is 4.11. The van der Waals surface area contributed by atoms with E-state index < -0.39 is 5.60 Å². The van der Waals surface area contributed by atoms with Crippen LogP contribution in [0.1, 0.15) is 44.1 Å². The molecule has 1 aliphatic rings. The standard InChI is InChI=1S/C9H13NO2/c1-6(2)7-5-8(12-10-7)9(11)3-4-9/h5-6,11H,3-4H2,1-2H3. The van der Waals surface area contributed by atoms with Crippen molar-refractivity contribution in [3.63, 3.8) is 0 Å². The molecule has 0 bridgehead atoms. The molecule has 0 atom stereocenters. The highest BCUT2D eigenvalue weighted by atomic mass is 16.5. The predicted octanol–water partition coefficient (Wildman–Crippen LogP) is 1.78. The van der Waals surface area contributed by atoms with E-state index in [4.69, 9.17) is 4.52 Å². The summed E-state index contributed by atoms with van der Waals surface area (Å²) >= 11 is 0. The van der Waals surface area contributed by atoms with Gasteiger partial charge in [0.1, 0.15) is 5.60 Å². The molecule has 0 spiro atoms. The van der Waals surface area contributed by atoms with Gasteiger partial charge in [-0.1, -0.05) is 19.0 Å². The van der Waals surface area contributed by atoms with Gasteiger partial charge in [-0.15, -0.1) is 0 Å². The summed E-state index contributed by atoms with van der Waals surface area (Å²) in [5.41, 5.74) is 0.241. The lowest BCUT2D eigenvalue weighted by molar-refractivity contribution is 0.114. The third-order valence-electron chi connectivity index (χ3n) is 2.30. The van der Waals surface area contributed by atoms with Crippen molar-refractivity contribution in [3.05, 3.63) is 17.5 Å². The first-order chi connectivity index (χ1) is 5.62. The summed E-state index contributed by atoms with van der Waals surface area (Å²) in [4.78, 5) is 0. The van der Waals surface area contributed by atoms with E-state index in [1.807, 2.05) is 6.07 Å². The lowest BCUT2D eigenvalue weighted by Crippen LogP contribution is -2.01. The SMILES string of the molecule is CC(C)c1cc(C2(O)CC2)on1. The molecule has 0 aromatic carbocycles. The minimum atomic E-state index is -0.680. The minimum absolute atomic E-state index is 0.366. The van der Waals surface area contributed by atoms with E-state index in [-0.39, 0.29) is 0 Å². The van der Waals surface area contributed by atoms with Crippen molar-refractivity contribution in [2.75, 3.05) is 0 Å². The first-order valence-corrected chi connectivity index (χ1v) is 4.31. The fraction of sp³-hybridized carbons (Fsp3) is 0.667. The highest BCUT2D eigenvalue weighted by molar-refractivity contribution is 5.19. The van der Waals surface area contributed by atoms with Crippen molar-refractivity contribution in [2.45, 2.75) is 38.2 Å². The Morgan fingerprint density at radius 1 is 1.58 bits per heavy atom. The fourth-order valence-corrected chi connectivity index (χ4v) is 1.15. The number of aliphatic hydroxyl groups is 1. The van der Waals surface area contributed by atoms with Crippen molar-refractivity contribution in [1.82, 2.24) is 5.16 Å². The largest absolute Gasteiger partial charge is 0.382 e. The predicted molar refractivity (Wildman–Crippen MR) is 43.7 cm³/mol. The molecule has 1 fully saturated rings. The van der Waals surface area contributed by atoms with Gasteiger partial charge in [-0.05, 0) is 18.8 Å². The van der Waals surface area contributed by atoms with Crippen LogP contribution in [0.4, 0.5) is 0 Å². The van der Waals surface area contributed by atoms with Gasteiger partial charge in [0.2, 0.25) is 0 Å². The summed E-state index contributed by atoms with van der Waals surface area (Å²) in [7, 11) is 0. The number of aromatic nitrogens is 1. The van der Waals surface area contributed by atoms with Crippen LogP contribution >= 0.6 is 0 Å². The van der Waals surface area contributed by atoms with Crippen LogP contribution in [0.5, 0.6) is 0 Å². The molecule has 0 radical (unpaired) electrons. The Morgan fingerprint density at radius 3 is 2.67 bits per heavy atom. The van der Waals surface area contributed by atoms with Crippen molar-refractivity contribution in [1.29, 1.82) is 0 Å². The Bertz CT molecular complexity index is 286. The number of nitrogens with zero attached hydrogens (tertiary/aromatic N) is 1. The van der Waals surface area contributed by atoms with Crippen LogP contribution in [-0.4, -0.2) is 10.3 Å². The van der Waals surface area contributed by atoms with Crippen LogP contribution in [0.15, 0.2) is 10.6 Å². The molecule has 0 amide bonds. The van der Waals surface area contributed by atoms with Gasteiger partial charge >= 0.3 is 0 Å². The molecule has 3 heteroatoms. The molecule has 12 heavy (non-hydrogen) atoms. The molecule has 1 aliphatic carbocycles. The van der Waals surface area contributed by atoms with Gasteiger partial charge in [0.15, 0.2) is 5.76 Å². The van der Waals surface area contributed by atoms with Crippen molar-refractivity contribution in [3.8, 4) is 0 Å². The molecule has 66 valence electrons. The fourth-order valence-electron chi connectivity index (χ4n) is 1.15. The third kappa shape index (κ3) is 1.14. The van der Waals surface area contributed by atoms with Crippen LogP contribution in [0.25, 0.3) is 0 Å². The summed E-state index contributed by atoms with van der Waals surface area (Å²) < 4.78 is 5.05. The minimum Gasteiger partial charge on any atom is -0.382 e. The van der Waals surface area contributed by atoms with Crippen LogP contribution in [0, 0.1) is 0 Å². The molecular weight excluding hydrogens is 154 g/mol. The van der Waals surface area contributed by atoms with Gasteiger partial charge in [-0.3, -0.25) is 0 Å². The van der Waals surface area contributed by atoms with Crippen molar-refractivity contribution < 1.29 is 9.63 Å². The molecule has 1 aromatic heterocycles. The van der Waals surface area contributed by atoms with Crippen LogP contribution in [-0.2, 0) is 5.60 Å². The molecule has 3 nitrogen and oxygen atoms in total. The topological polar surface area (TPSA) is 46.3 Å². The van der Waals surface area contributed by atoms with E-state index in [0.717, 1.165) is 18.5 Å². The van der Waals surface area contributed by atoms with Gasteiger partial charge in [0, 0.05) is 6.07 Å². The van der Waals surface area contributed by atoms with Crippen molar-refractivity contribution >= 4 is 0 Å². The zero-order chi connectivity index (χ0) is 8.77. The molecule has 2 rings (SSSR count). The Morgan fingerprint density at radius 2 is 2.25 bits per heavy atom. The second kappa shape index (κ2) is 2.33. The zero-order valence-corrected chi connectivity index (χ0v) is 7.37. The van der Waals surface area contributed by atoms with E-state index in [0.29, 0.717) is 11.7 Å². The molecule has 0 saturated heterocycles. The molecule has 1 saturated carbocycles. The molecule has 1 N–H and O–H groups in total. The van der Waals surface area contributed by atoms with E-state index in [2.05, 4.69) is 19.0 Å². The van der Waals surface area contributed by atoms with Gasteiger partial charge in [-0.2, -0.15) is 0 Å². The van der Waals surface area contributed by atoms with Crippen molar-refractivity contribution in [2.24, 2.45) is 0 Å². The summed E-state index contributed by atoms with van der Waals surface area (Å²) in [5.74, 6) is 0.996. The number of hydrogen-bond donors (Lipinski definition) is 1. The Labute approximate surface area is 71.4 Å². The highest BCUT2D eigenvalue weighted by Gasteiger charge is 2.46. The van der Waals surface area contributed by atoms with Crippen LogP contribution in [0.3, 0.4) is 0 Å². The second-order valence-electron chi connectivity index (χ2n) is 3.80. The van der Waals surface area contributed by atoms with E-state index in [1.54, 1.807) is 0 Å². The van der Waals surface area contributed by atoms with Gasteiger partial charge in [-0.25, -0.2) is 0 Å². The monoisotopic (exact) mass is 167 g/mol. The molecule has 0 unspecified atom stereocenters. The maximum Gasteiger partial charge on any atom is 0.168 e. The second-order valence-corrected chi connectivity index (χ2v) is 3.80. The van der Waals surface area contributed by atoms with Gasteiger partial charge in [0.05, 0.1) is 5.69 Å². The number of hydrogen-bond acceptors (Lipinski definition) is 3. The average Bonchev–Trinajstić information content (AvgIpc) is 2.61. The third-order valence-corrected chi connectivity index (χ3v) is 2.30. The average molecular weight is 167 g/mol. The van der Waals surface area contributed by atoms with E-state index in [1.165, 1.54) is 0 Å². The Balaban J connectivity index is 2.25. The summed E-state index contributed by atoms with van der Waals surface area (Å²) in [6, 6.07) is 1.86. The maximum atomic E-state index is 9.66. The number of rotatable bonds is 2. The lowest BCUT2D eigenvalue weighted by Gasteiger charge is -1.98. The highest BCUT2D eigenvalue weighted by Crippen LogP contribution is 2.45. The Kier molecular flexibility index (Phi) is 1.51. The normalized spacial score (nSPS) is 20.0. The maximum absolute atomic E-state index is 9.66. The molecule has 1 heterocycles. The molecule has 0 aliphatic heterocycles. The first kappa shape index (κ1) is 7.80. The van der Waals surface area contributed by atoms with Crippen LogP contribution < -0.4 is 0 Å². The molecular formula is C9H13NO2.